The van der Waals surface area contributed by atoms with Gasteiger partial charge < -0.3 is 10.4 Å². The zero-order valence-corrected chi connectivity index (χ0v) is 8.16. The van der Waals surface area contributed by atoms with E-state index in [1.54, 1.807) is 6.20 Å². The lowest BCUT2D eigenvalue weighted by molar-refractivity contribution is 0.282. The van der Waals surface area contributed by atoms with E-state index in [1.807, 2.05) is 6.92 Å². The molecule has 5 nitrogen and oxygen atoms in total. The third kappa shape index (κ3) is 3.57. The third-order valence-corrected chi connectivity index (χ3v) is 1.87. The van der Waals surface area contributed by atoms with Crippen molar-refractivity contribution >= 4 is 5.69 Å². The summed E-state index contributed by atoms with van der Waals surface area (Å²) in [6, 6.07) is 1.69. The molecular weight excluding hydrogens is 182 g/mol. The van der Waals surface area contributed by atoms with Crippen LogP contribution in [0, 0.1) is 0 Å². The zero-order valence-electron chi connectivity index (χ0n) is 8.16. The van der Waals surface area contributed by atoms with Crippen LogP contribution in [-0.2, 0) is 0 Å². The molecule has 0 spiro atoms. The lowest BCUT2D eigenvalue weighted by Crippen LogP contribution is -2.17. The Balaban J connectivity index is 2.47. The number of aliphatic hydroxyl groups excluding tert-OH is 1. The van der Waals surface area contributed by atoms with Crippen molar-refractivity contribution in [3.05, 3.63) is 22.6 Å². The van der Waals surface area contributed by atoms with Gasteiger partial charge in [0, 0.05) is 18.7 Å². The largest absolute Gasteiger partial charge is 0.396 e. The highest BCUT2D eigenvalue weighted by atomic mass is 16.2. The first-order valence-electron chi connectivity index (χ1n) is 4.64. The van der Waals surface area contributed by atoms with Gasteiger partial charge in [0.1, 0.15) is 0 Å². The monoisotopic (exact) mass is 197 g/mol. The van der Waals surface area contributed by atoms with Crippen molar-refractivity contribution in [3.63, 3.8) is 0 Å². The van der Waals surface area contributed by atoms with Gasteiger partial charge in [0.15, 0.2) is 0 Å². The maximum absolute atomic E-state index is 10.9. The van der Waals surface area contributed by atoms with Gasteiger partial charge in [-0.05, 0) is 19.8 Å². The van der Waals surface area contributed by atoms with Gasteiger partial charge >= 0.3 is 0 Å². The van der Waals surface area contributed by atoms with Crippen molar-refractivity contribution in [2.24, 2.45) is 0 Å². The van der Waals surface area contributed by atoms with Gasteiger partial charge in [0.25, 0.3) is 5.56 Å². The van der Waals surface area contributed by atoms with Crippen LogP contribution in [0.4, 0.5) is 5.69 Å². The van der Waals surface area contributed by atoms with Crippen LogP contribution in [0.1, 0.15) is 19.8 Å². The van der Waals surface area contributed by atoms with Gasteiger partial charge in [-0.25, -0.2) is 5.10 Å². The SMILES string of the molecule is CC(CCCO)Nc1cn[nH]c(=O)c1. The second kappa shape index (κ2) is 5.39. The van der Waals surface area contributed by atoms with E-state index in [1.165, 1.54) is 6.07 Å². The molecule has 1 atom stereocenters. The van der Waals surface area contributed by atoms with E-state index < -0.39 is 0 Å². The van der Waals surface area contributed by atoms with Gasteiger partial charge in [-0.15, -0.1) is 0 Å². The summed E-state index contributed by atoms with van der Waals surface area (Å²) >= 11 is 0. The molecule has 0 aromatic carbocycles. The number of hydrogen-bond acceptors (Lipinski definition) is 4. The van der Waals surface area contributed by atoms with Gasteiger partial charge in [0.2, 0.25) is 0 Å². The molecule has 0 aliphatic rings. The van der Waals surface area contributed by atoms with E-state index in [2.05, 4.69) is 15.5 Å². The number of anilines is 1. The van der Waals surface area contributed by atoms with Gasteiger partial charge in [-0.1, -0.05) is 0 Å². The summed E-state index contributed by atoms with van der Waals surface area (Å²) in [6.07, 6.45) is 3.19. The summed E-state index contributed by atoms with van der Waals surface area (Å²) in [7, 11) is 0. The highest BCUT2D eigenvalue weighted by Gasteiger charge is 2.01. The molecule has 0 saturated heterocycles. The fourth-order valence-electron chi connectivity index (χ4n) is 1.21. The number of nitrogens with zero attached hydrogens (tertiary/aromatic N) is 1. The normalized spacial score (nSPS) is 12.4. The summed E-state index contributed by atoms with van der Waals surface area (Å²) in [4.78, 5) is 10.9. The molecule has 5 heteroatoms. The van der Waals surface area contributed by atoms with E-state index in [0.29, 0.717) is 5.69 Å². The van der Waals surface area contributed by atoms with E-state index in [9.17, 15) is 4.79 Å². The zero-order chi connectivity index (χ0) is 10.4. The number of rotatable bonds is 5. The molecule has 14 heavy (non-hydrogen) atoms. The number of nitrogens with one attached hydrogen (secondary N) is 2. The predicted octanol–water partition coefficient (Wildman–Crippen LogP) is 0.343. The minimum Gasteiger partial charge on any atom is -0.396 e. The molecule has 0 saturated carbocycles. The van der Waals surface area contributed by atoms with Crippen LogP contribution >= 0.6 is 0 Å². The topological polar surface area (TPSA) is 78.0 Å². The molecule has 78 valence electrons. The summed E-state index contributed by atoms with van der Waals surface area (Å²) in [5.74, 6) is 0. The smallest absolute Gasteiger partial charge is 0.266 e. The van der Waals surface area contributed by atoms with E-state index in [-0.39, 0.29) is 18.2 Å². The Bertz CT molecular complexity index is 324. The minimum absolute atomic E-state index is 0.194. The minimum atomic E-state index is -0.218. The quantitative estimate of drug-likeness (QED) is 0.636. The number of aromatic amines is 1. The average Bonchev–Trinajstić information content (AvgIpc) is 2.15. The van der Waals surface area contributed by atoms with E-state index in [0.717, 1.165) is 12.8 Å². The molecule has 0 aliphatic carbocycles. The molecular formula is C9H15N3O2. The first-order chi connectivity index (χ1) is 6.72. The average molecular weight is 197 g/mol. The van der Waals surface area contributed by atoms with Crippen molar-refractivity contribution in [2.45, 2.75) is 25.8 Å². The lowest BCUT2D eigenvalue weighted by atomic mass is 10.2. The van der Waals surface area contributed by atoms with Crippen LogP contribution in [0.25, 0.3) is 0 Å². The Morgan fingerprint density at radius 2 is 2.50 bits per heavy atom. The van der Waals surface area contributed by atoms with Crippen molar-refractivity contribution < 1.29 is 5.11 Å². The predicted molar refractivity (Wildman–Crippen MR) is 54.3 cm³/mol. The van der Waals surface area contributed by atoms with E-state index in [4.69, 9.17) is 5.11 Å². The first kappa shape index (κ1) is 10.7. The summed E-state index contributed by atoms with van der Waals surface area (Å²) in [5.41, 5.74) is 0.489. The van der Waals surface area contributed by atoms with Crippen LogP contribution < -0.4 is 10.9 Å². The number of aliphatic hydroxyl groups is 1. The van der Waals surface area contributed by atoms with Crippen LogP contribution in [0.3, 0.4) is 0 Å². The molecule has 0 aliphatic heterocycles. The first-order valence-corrected chi connectivity index (χ1v) is 4.64. The van der Waals surface area contributed by atoms with E-state index >= 15 is 0 Å². The van der Waals surface area contributed by atoms with Gasteiger partial charge in [-0.3, -0.25) is 4.79 Å². The highest BCUT2D eigenvalue weighted by molar-refractivity contribution is 5.39. The Labute approximate surface area is 82.2 Å². The Hall–Kier alpha value is -1.36. The lowest BCUT2D eigenvalue weighted by Gasteiger charge is -2.13. The summed E-state index contributed by atoms with van der Waals surface area (Å²) in [5, 5.41) is 17.7. The molecule has 0 amide bonds. The number of H-pyrrole nitrogens is 1. The van der Waals surface area contributed by atoms with Crippen molar-refractivity contribution in [2.75, 3.05) is 11.9 Å². The molecule has 1 rings (SSSR count). The molecule has 0 bridgehead atoms. The Morgan fingerprint density at radius 1 is 1.71 bits per heavy atom. The number of hydrogen-bond donors (Lipinski definition) is 3. The second-order valence-corrected chi connectivity index (χ2v) is 3.25. The van der Waals surface area contributed by atoms with Gasteiger partial charge in [-0.2, -0.15) is 5.10 Å². The maximum Gasteiger partial charge on any atom is 0.266 e. The van der Waals surface area contributed by atoms with Crippen molar-refractivity contribution in [1.29, 1.82) is 0 Å². The molecule has 1 aromatic heterocycles. The summed E-state index contributed by atoms with van der Waals surface area (Å²) in [6.45, 7) is 2.19. The second-order valence-electron chi connectivity index (χ2n) is 3.25. The summed E-state index contributed by atoms with van der Waals surface area (Å²) < 4.78 is 0. The standard InChI is InChI=1S/C9H15N3O2/c1-7(3-2-4-13)11-8-5-9(14)12-10-6-8/h5-7,13H,2-4H2,1H3,(H2,11,12,14). The third-order valence-electron chi connectivity index (χ3n) is 1.87. The Kier molecular flexibility index (Phi) is 4.12. The highest BCUT2D eigenvalue weighted by Crippen LogP contribution is 2.05. The molecule has 1 heterocycles. The van der Waals surface area contributed by atoms with Gasteiger partial charge in [0.05, 0.1) is 11.9 Å². The van der Waals surface area contributed by atoms with Crippen LogP contribution in [0.15, 0.2) is 17.1 Å². The molecule has 0 radical (unpaired) electrons. The van der Waals surface area contributed by atoms with Crippen LogP contribution in [0.5, 0.6) is 0 Å². The molecule has 1 unspecified atom stereocenters. The number of aromatic nitrogens is 2. The Morgan fingerprint density at radius 3 is 3.14 bits per heavy atom. The van der Waals surface area contributed by atoms with Crippen molar-refractivity contribution in [3.8, 4) is 0 Å². The van der Waals surface area contributed by atoms with Crippen LogP contribution in [0.2, 0.25) is 0 Å². The fourth-order valence-corrected chi connectivity index (χ4v) is 1.21. The molecule has 0 fully saturated rings. The van der Waals surface area contributed by atoms with Crippen LogP contribution in [-0.4, -0.2) is 28.0 Å². The maximum atomic E-state index is 10.9. The van der Waals surface area contributed by atoms with Crippen molar-refractivity contribution in [1.82, 2.24) is 10.2 Å². The molecule has 3 N–H and O–H groups in total. The fraction of sp³-hybridized carbons (Fsp3) is 0.556. The molecule has 1 aromatic rings.